The summed E-state index contributed by atoms with van der Waals surface area (Å²) >= 11 is 0. The van der Waals surface area contributed by atoms with Gasteiger partial charge in [-0.25, -0.2) is 0 Å². The lowest BCUT2D eigenvalue weighted by atomic mass is 10.1. The van der Waals surface area contributed by atoms with Crippen LogP contribution in [-0.2, 0) is 9.47 Å². The fourth-order valence-electron chi connectivity index (χ4n) is 0.520. The Hall–Kier alpha value is -0.0800. The zero-order chi connectivity index (χ0) is 7.11. The molecule has 56 valence electrons. The average Bonchev–Trinajstić information content (AvgIpc) is 1.64. The van der Waals surface area contributed by atoms with E-state index in [-0.39, 0.29) is 0 Å². The Morgan fingerprint density at radius 1 is 1.44 bits per heavy atom. The lowest BCUT2D eigenvalue weighted by molar-refractivity contribution is -0.0331. The Morgan fingerprint density at radius 3 is 1.89 bits per heavy atom. The molecule has 9 heavy (non-hydrogen) atoms. The van der Waals surface area contributed by atoms with Crippen LogP contribution in [0.1, 0.15) is 13.3 Å². The molecule has 0 spiro atoms. The minimum atomic E-state index is 0.894. The lowest BCUT2D eigenvalue weighted by Gasteiger charge is -2.23. The maximum atomic E-state index is 4.93. The first kappa shape index (κ1) is 8.92. The van der Waals surface area contributed by atoms with E-state index in [1.54, 1.807) is 14.2 Å². The zero-order valence-corrected chi connectivity index (χ0v) is 6.52. The summed E-state index contributed by atoms with van der Waals surface area (Å²) in [5.74, 6) is 0.894. The van der Waals surface area contributed by atoms with Crippen molar-refractivity contribution < 1.29 is 9.47 Å². The molecule has 1 fully saturated rings. The van der Waals surface area contributed by atoms with Gasteiger partial charge >= 0.3 is 0 Å². The first-order valence-corrected chi connectivity index (χ1v) is 3.33. The number of hydrogen-bond acceptors (Lipinski definition) is 2. The molecule has 1 aliphatic heterocycles. The summed E-state index contributed by atoms with van der Waals surface area (Å²) in [4.78, 5) is 0. The smallest absolute Gasteiger partial charge is 0.0516 e. The van der Waals surface area contributed by atoms with Gasteiger partial charge in [0.05, 0.1) is 13.2 Å². The van der Waals surface area contributed by atoms with Gasteiger partial charge in [0.2, 0.25) is 0 Å². The average molecular weight is 132 g/mol. The van der Waals surface area contributed by atoms with E-state index in [9.17, 15) is 0 Å². The molecule has 1 aliphatic rings. The predicted molar refractivity (Wildman–Crippen MR) is 37.5 cm³/mol. The second-order valence-corrected chi connectivity index (χ2v) is 2.22. The largest absolute Gasteiger partial charge is 0.388 e. The molecule has 0 saturated carbocycles. The lowest BCUT2D eigenvalue weighted by Crippen LogP contribution is -2.26. The minimum absolute atomic E-state index is 0.894. The summed E-state index contributed by atoms with van der Waals surface area (Å²) < 4.78 is 9.18. The van der Waals surface area contributed by atoms with Gasteiger partial charge in [-0.3, -0.25) is 0 Å². The quantitative estimate of drug-likeness (QED) is 0.535. The third kappa shape index (κ3) is 4.43. The second kappa shape index (κ2) is 6.05. The first-order chi connectivity index (χ1) is 4.35. The predicted octanol–water partition coefficient (Wildman–Crippen LogP) is 1.31. The molecular formula is C7H16O2. The SMILES string of the molecule is CCC1COC1.COC. The van der Waals surface area contributed by atoms with Gasteiger partial charge in [0, 0.05) is 20.1 Å². The Kier molecular flexibility index (Phi) is 5.99. The molecule has 2 nitrogen and oxygen atoms in total. The van der Waals surface area contributed by atoms with Crippen molar-refractivity contribution in [2.45, 2.75) is 13.3 Å². The molecule has 1 saturated heterocycles. The van der Waals surface area contributed by atoms with Crippen LogP contribution in [0.3, 0.4) is 0 Å². The fourth-order valence-corrected chi connectivity index (χ4v) is 0.520. The molecular weight excluding hydrogens is 116 g/mol. The van der Waals surface area contributed by atoms with Crippen molar-refractivity contribution in [1.82, 2.24) is 0 Å². The van der Waals surface area contributed by atoms with Crippen LogP contribution < -0.4 is 0 Å². The maximum absolute atomic E-state index is 4.93. The van der Waals surface area contributed by atoms with Gasteiger partial charge in [0.1, 0.15) is 0 Å². The van der Waals surface area contributed by atoms with Crippen LogP contribution in [0.2, 0.25) is 0 Å². The molecule has 0 N–H and O–H groups in total. The highest BCUT2D eigenvalue weighted by Gasteiger charge is 2.14. The highest BCUT2D eigenvalue weighted by atomic mass is 16.5. The molecule has 2 heteroatoms. The Morgan fingerprint density at radius 2 is 1.89 bits per heavy atom. The second-order valence-electron chi connectivity index (χ2n) is 2.22. The van der Waals surface area contributed by atoms with Crippen molar-refractivity contribution >= 4 is 0 Å². The van der Waals surface area contributed by atoms with Crippen LogP contribution in [0.25, 0.3) is 0 Å². The van der Waals surface area contributed by atoms with E-state index in [0.717, 1.165) is 19.1 Å². The van der Waals surface area contributed by atoms with Crippen molar-refractivity contribution in [3.63, 3.8) is 0 Å². The summed E-state index contributed by atoms with van der Waals surface area (Å²) in [7, 11) is 3.25. The molecule has 0 atom stereocenters. The van der Waals surface area contributed by atoms with Crippen LogP contribution in [0, 0.1) is 5.92 Å². The van der Waals surface area contributed by atoms with Crippen molar-refractivity contribution in [2.75, 3.05) is 27.4 Å². The van der Waals surface area contributed by atoms with Gasteiger partial charge in [-0.1, -0.05) is 6.92 Å². The number of hydrogen-bond donors (Lipinski definition) is 0. The van der Waals surface area contributed by atoms with Crippen LogP contribution >= 0.6 is 0 Å². The van der Waals surface area contributed by atoms with E-state index >= 15 is 0 Å². The molecule has 1 heterocycles. The van der Waals surface area contributed by atoms with Crippen LogP contribution in [-0.4, -0.2) is 27.4 Å². The minimum Gasteiger partial charge on any atom is -0.388 e. The Labute approximate surface area is 57.2 Å². The highest BCUT2D eigenvalue weighted by Crippen LogP contribution is 2.12. The van der Waals surface area contributed by atoms with Crippen molar-refractivity contribution in [1.29, 1.82) is 0 Å². The van der Waals surface area contributed by atoms with Crippen LogP contribution in [0.5, 0.6) is 0 Å². The number of ether oxygens (including phenoxy) is 2. The third-order valence-electron chi connectivity index (χ3n) is 1.28. The summed E-state index contributed by atoms with van der Waals surface area (Å²) in [5, 5.41) is 0. The summed E-state index contributed by atoms with van der Waals surface area (Å²) in [6.45, 7) is 4.22. The van der Waals surface area contributed by atoms with Gasteiger partial charge in [0.25, 0.3) is 0 Å². The standard InChI is InChI=1S/C5H10O.C2H6O/c1-2-5-3-6-4-5;1-3-2/h5H,2-4H2,1H3;1-2H3. The van der Waals surface area contributed by atoms with Gasteiger partial charge in [-0.15, -0.1) is 0 Å². The summed E-state index contributed by atoms with van der Waals surface area (Å²) in [6.07, 6.45) is 1.29. The molecule has 0 bridgehead atoms. The number of rotatable bonds is 1. The normalized spacial score (nSPS) is 17.7. The topological polar surface area (TPSA) is 18.5 Å². The first-order valence-electron chi connectivity index (χ1n) is 3.33. The zero-order valence-electron chi connectivity index (χ0n) is 6.52. The third-order valence-corrected chi connectivity index (χ3v) is 1.28. The molecule has 0 amide bonds. The van der Waals surface area contributed by atoms with Gasteiger partial charge in [-0.2, -0.15) is 0 Å². The molecule has 0 radical (unpaired) electrons. The summed E-state index contributed by atoms with van der Waals surface area (Å²) in [6, 6.07) is 0. The van der Waals surface area contributed by atoms with Crippen molar-refractivity contribution in [3.8, 4) is 0 Å². The van der Waals surface area contributed by atoms with Crippen molar-refractivity contribution in [3.05, 3.63) is 0 Å². The number of methoxy groups -OCH3 is 1. The van der Waals surface area contributed by atoms with Crippen LogP contribution in [0.4, 0.5) is 0 Å². The molecule has 0 unspecified atom stereocenters. The van der Waals surface area contributed by atoms with Gasteiger partial charge in [0.15, 0.2) is 0 Å². The molecule has 0 aliphatic carbocycles. The van der Waals surface area contributed by atoms with E-state index < -0.39 is 0 Å². The summed E-state index contributed by atoms with van der Waals surface area (Å²) in [5.41, 5.74) is 0. The van der Waals surface area contributed by atoms with E-state index in [4.69, 9.17) is 4.74 Å². The van der Waals surface area contributed by atoms with Gasteiger partial charge in [-0.05, 0) is 6.42 Å². The van der Waals surface area contributed by atoms with Gasteiger partial charge < -0.3 is 9.47 Å². The van der Waals surface area contributed by atoms with E-state index in [2.05, 4.69) is 11.7 Å². The maximum Gasteiger partial charge on any atom is 0.0516 e. The van der Waals surface area contributed by atoms with E-state index in [1.807, 2.05) is 0 Å². The molecule has 0 aromatic rings. The fraction of sp³-hybridized carbons (Fsp3) is 1.00. The van der Waals surface area contributed by atoms with E-state index in [1.165, 1.54) is 6.42 Å². The highest BCUT2D eigenvalue weighted by molar-refractivity contribution is 4.61. The Balaban J connectivity index is 0.000000187. The van der Waals surface area contributed by atoms with Crippen LogP contribution in [0.15, 0.2) is 0 Å². The Bertz CT molecular complexity index is 48.1. The molecule has 1 rings (SSSR count). The van der Waals surface area contributed by atoms with E-state index in [0.29, 0.717) is 0 Å². The molecule has 0 aromatic carbocycles. The van der Waals surface area contributed by atoms with Crippen molar-refractivity contribution in [2.24, 2.45) is 5.92 Å². The monoisotopic (exact) mass is 132 g/mol. The molecule has 0 aromatic heterocycles.